The first kappa shape index (κ1) is 11.9. The molecule has 0 spiro atoms. The van der Waals surface area contributed by atoms with Crippen LogP contribution in [0.25, 0.3) is 0 Å². The number of nitrogens with zero attached hydrogens (tertiary/aromatic N) is 2. The van der Waals surface area contributed by atoms with E-state index in [1.54, 1.807) is 17.6 Å². The van der Waals surface area contributed by atoms with Crippen molar-refractivity contribution in [3.05, 3.63) is 34.5 Å². The van der Waals surface area contributed by atoms with Crippen molar-refractivity contribution < 1.29 is 9.59 Å². The smallest absolute Gasteiger partial charge is 0.254 e. The number of imide groups is 1. The lowest BCUT2D eigenvalue weighted by molar-refractivity contribution is -0.140. The molecule has 3 fully saturated rings. The van der Waals surface area contributed by atoms with Gasteiger partial charge in [-0.05, 0) is 41.5 Å². The van der Waals surface area contributed by atoms with Gasteiger partial charge in [0.1, 0.15) is 0 Å². The molecule has 6 rings (SSSR count). The van der Waals surface area contributed by atoms with Gasteiger partial charge in [0.2, 0.25) is 0 Å². The van der Waals surface area contributed by atoms with Crippen LogP contribution in [0.5, 0.6) is 0 Å². The van der Waals surface area contributed by atoms with Crippen molar-refractivity contribution in [2.75, 3.05) is 0 Å². The summed E-state index contributed by atoms with van der Waals surface area (Å²) >= 11 is 1.54. The van der Waals surface area contributed by atoms with Crippen molar-refractivity contribution in [1.29, 1.82) is 0 Å². The van der Waals surface area contributed by atoms with Crippen LogP contribution in [-0.4, -0.2) is 23.0 Å². The molecule has 5 aliphatic rings. The van der Waals surface area contributed by atoms with Gasteiger partial charge in [-0.3, -0.25) is 9.59 Å². The van der Waals surface area contributed by atoms with E-state index in [0.29, 0.717) is 11.8 Å². The Balaban J connectivity index is 1.48. The molecule has 1 aromatic rings. The first-order valence-corrected chi connectivity index (χ1v) is 8.27. The van der Waals surface area contributed by atoms with E-state index in [0.717, 1.165) is 9.89 Å². The second-order valence-electron chi connectivity index (χ2n) is 6.40. The highest BCUT2D eigenvalue weighted by Crippen LogP contribution is 2.65. The monoisotopic (exact) mass is 298 g/mol. The second-order valence-corrected chi connectivity index (χ2v) is 7.38. The van der Waals surface area contributed by atoms with Gasteiger partial charge in [0.15, 0.2) is 0 Å². The second kappa shape index (κ2) is 3.91. The van der Waals surface area contributed by atoms with Crippen molar-refractivity contribution in [2.45, 2.75) is 6.42 Å². The van der Waals surface area contributed by atoms with E-state index in [-0.39, 0.29) is 35.5 Å². The predicted octanol–water partition coefficient (Wildman–Crippen LogP) is 2.14. The van der Waals surface area contributed by atoms with Crippen LogP contribution >= 0.6 is 11.3 Å². The molecule has 2 saturated carbocycles. The molecule has 2 bridgehead atoms. The molecule has 0 radical (unpaired) electrons. The van der Waals surface area contributed by atoms with Crippen LogP contribution in [0.4, 0.5) is 0 Å². The molecule has 1 aromatic heterocycles. The lowest BCUT2D eigenvalue weighted by Gasteiger charge is -2.37. The molecule has 0 aromatic carbocycles. The van der Waals surface area contributed by atoms with Gasteiger partial charge >= 0.3 is 0 Å². The molecule has 106 valence electrons. The molecule has 2 heterocycles. The summed E-state index contributed by atoms with van der Waals surface area (Å²) < 4.78 is 0. The lowest BCUT2D eigenvalue weighted by Crippen LogP contribution is -2.40. The minimum atomic E-state index is -0.156. The standard InChI is InChI=1S/C16H14N2O2S/c19-15-13-9-3-4-10(12-6-11(9)12)14(13)16(20)18(15)17-7-8-2-1-5-21-8/h1-5,7,9-14H,6H2/b17-7-/t9-,10-,11-,12+,13+,14+/m0/s1. The maximum absolute atomic E-state index is 12.6. The molecule has 4 nitrogen and oxygen atoms in total. The normalized spacial score (nSPS) is 42.8. The molecule has 0 unspecified atom stereocenters. The molecule has 0 N–H and O–H groups in total. The Bertz CT molecular complexity index is 657. The van der Waals surface area contributed by atoms with Gasteiger partial charge in [0, 0.05) is 4.88 Å². The number of hydrazone groups is 1. The summed E-state index contributed by atoms with van der Waals surface area (Å²) in [6.07, 6.45) is 7.16. The van der Waals surface area contributed by atoms with Crippen LogP contribution in [0.15, 0.2) is 34.8 Å². The Labute approximate surface area is 126 Å². The molecule has 1 aliphatic heterocycles. The quantitative estimate of drug-likeness (QED) is 0.477. The third-order valence-electron chi connectivity index (χ3n) is 5.48. The van der Waals surface area contributed by atoms with Crippen LogP contribution in [-0.2, 0) is 9.59 Å². The summed E-state index contributed by atoms with van der Waals surface area (Å²) in [5.74, 6) is 1.31. The molecule has 2 amide bonds. The summed E-state index contributed by atoms with van der Waals surface area (Å²) in [6.45, 7) is 0. The fourth-order valence-electron chi connectivity index (χ4n) is 4.53. The molecular weight excluding hydrogens is 284 g/mol. The van der Waals surface area contributed by atoms with Crippen molar-refractivity contribution in [2.24, 2.45) is 40.6 Å². The third kappa shape index (κ3) is 1.47. The van der Waals surface area contributed by atoms with E-state index >= 15 is 0 Å². The molecule has 1 saturated heterocycles. The van der Waals surface area contributed by atoms with Gasteiger partial charge in [-0.2, -0.15) is 10.1 Å². The highest BCUT2D eigenvalue weighted by Gasteiger charge is 2.67. The van der Waals surface area contributed by atoms with Crippen LogP contribution in [0.2, 0.25) is 0 Å². The van der Waals surface area contributed by atoms with Gasteiger partial charge in [0.05, 0.1) is 18.1 Å². The minimum absolute atomic E-state index is 0.0949. The van der Waals surface area contributed by atoms with Crippen molar-refractivity contribution in [3.8, 4) is 0 Å². The molecule has 6 atom stereocenters. The first-order chi connectivity index (χ1) is 10.3. The van der Waals surface area contributed by atoms with E-state index in [1.807, 2.05) is 17.5 Å². The van der Waals surface area contributed by atoms with E-state index < -0.39 is 0 Å². The summed E-state index contributed by atoms with van der Waals surface area (Å²) in [6, 6.07) is 3.85. The maximum Gasteiger partial charge on any atom is 0.254 e. The average Bonchev–Trinajstić information content (AvgIpc) is 3.10. The topological polar surface area (TPSA) is 49.7 Å². The Hall–Kier alpha value is -1.75. The summed E-state index contributed by atoms with van der Waals surface area (Å²) in [4.78, 5) is 26.2. The van der Waals surface area contributed by atoms with Gasteiger partial charge in [-0.15, -0.1) is 11.3 Å². The zero-order valence-corrected chi connectivity index (χ0v) is 12.1. The number of hydrogen-bond acceptors (Lipinski definition) is 4. The van der Waals surface area contributed by atoms with Crippen LogP contribution < -0.4 is 0 Å². The zero-order valence-electron chi connectivity index (χ0n) is 11.3. The van der Waals surface area contributed by atoms with Crippen molar-refractivity contribution in [3.63, 3.8) is 0 Å². The van der Waals surface area contributed by atoms with Gasteiger partial charge in [0.25, 0.3) is 11.8 Å². The van der Waals surface area contributed by atoms with Crippen molar-refractivity contribution in [1.82, 2.24) is 5.01 Å². The zero-order chi connectivity index (χ0) is 14.1. The molecule has 4 aliphatic carbocycles. The number of thiophene rings is 1. The Morgan fingerprint density at radius 1 is 1.14 bits per heavy atom. The number of allylic oxidation sites excluding steroid dienone is 2. The van der Waals surface area contributed by atoms with Crippen LogP contribution in [0, 0.1) is 35.5 Å². The summed E-state index contributed by atoms with van der Waals surface area (Å²) in [7, 11) is 0. The summed E-state index contributed by atoms with van der Waals surface area (Å²) in [5.41, 5.74) is 0. The van der Waals surface area contributed by atoms with E-state index in [4.69, 9.17) is 0 Å². The minimum Gasteiger partial charge on any atom is -0.272 e. The van der Waals surface area contributed by atoms with E-state index in [9.17, 15) is 9.59 Å². The van der Waals surface area contributed by atoms with Crippen molar-refractivity contribution >= 4 is 29.4 Å². The Morgan fingerprint density at radius 3 is 2.38 bits per heavy atom. The van der Waals surface area contributed by atoms with Gasteiger partial charge < -0.3 is 0 Å². The third-order valence-corrected chi connectivity index (χ3v) is 6.29. The average molecular weight is 298 g/mol. The maximum atomic E-state index is 12.6. The molecule has 21 heavy (non-hydrogen) atoms. The Morgan fingerprint density at radius 2 is 1.81 bits per heavy atom. The van der Waals surface area contributed by atoms with E-state index in [2.05, 4.69) is 17.3 Å². The highest BCUT2D eigenvalue weighted by atomic mass is 32.1. The molecular formula is C16H14N2O2S. The largest absolute Gasteiger partial charge is 0.272 e. The van der Waals surface area contributed by atoms with Crippen LogP contribution in [0.1, 0.15) is 11.3 Å². The number of hydrogen-bond donors (Lipinski definition) is 0. The van der Waals surface area contributed by atoms with Crippen LogP contribution in [0.3, 0.4) is 0 Å². The SMILES string of the molecule is O=C1[C@@H]2[C@H]3C=C[C@@H]([C@@H]4C[C@H]34)[C@H]2C(=O)N1/N=C\c1cccs1. The first-order valence-electron chi connectivity index (χ1n) is 7.39. The number of rotatable bonds is 2. The number of amides is 2. The Kier molecular flexibility index (Phi) is 2.21. The van der Waals surface area contributed by atoms with Gasteiger partial charge in [-0.25, -0.2) is 0 Å². The fraction of sp³-hybridized carbons (Fsp3) is 0.438. The number of carbonyl (C=O) groups excluding carboxylic acids is 2. The highest BCUT2D eigenvalue weighted by molar-refractivity contribution is 7.11. The van der Waals surface area contributed by atoms with E-state index in [1.165, 1.54) is 6.42 Å². The summed E-state index contributed by atoms with van der Waals surface area (Å²) in [5, 5.41) is 7.26. The molecule has 5 heteroatoms. The lowest BCUT2D eigenvalue weighted by atomic mass is 9.63. The van der Waals surface area contributed by atoms with Gasteiger partial charge in [-0.1, -0.05) is 18.2 Å². The predicted molar refractivity (Wildman–Crippen MR) is 78.5 cm³/mol. The number of carbonyl (C=O) groups is 2. The fourth-order valence-corrected chi connectivity index (χ4v) is 5.11.